The second-order valence-electron chi connectivity index (χ2n) is 7.21. The first kappa shape index (κ1) is 24.3. The van der Waals surface area contributed by atoms with Crippen molar-refractivity contribution >= 4 is 35.1 Å². The van der Waals surface area contributed by atoms with Crippen LogP contribution in [0.15, 0.2) is 60.7 Å². The van der Waals surface area contributed by atoms with Gasteiger partial charge in [-0.15, -0.1) is 0 Å². The highest BCUT2D eigenvalue weighted by molar-refractivity contribution is 5.98. The number of ether oxygens (including phenoxy) is 2. The van der Waals surface area contributed by atoms with Gasteiger partial charge in [-0.3, -0.25) is 9.59 Å². The number of esters is 2. The molecule has 0 spiro atoms. The number of benzene rings is 2. The maximum absolute atomic E-state index is 12.1. The van der Waals surface area contributed by atoms with Gasteiger partial charge in [-0.05, 0) is 63.1 Å². The van der Waals surface area contributed by atoms with E-state index in [1.54, 1.807) is 36.4 Å². The number of rotatable bonds is 8. The molecule has 2 N–H and O–H groups in total. The molecule has 0 fully saturated rings. The van der Waals surface area contributed by atoms with Crippen LogP contribution in [0, 0.1) is 13.8 Å². The van der Waals surface area contributed by atoms with Crippen LogP contribution in [0.25, 0.3) is 0 Å². The van der Waals surface area contributed by atoms with Crippen molar-refractivity contribution in [2.45, 2.75) is 39.9 Å². The summed E-state index contributed by atoms with van der Waals surface area (Å²) < 4.78 is 9.97. The zero-order valence-electron chi connectivity index (χ0n) is 18.4. The van der Waals surface area contributed by atoms with E-state index in [0.29, 0.717) is 11.4 Å². The summed E-state index contributed by atoms with van der Waals surface area (Å²) >= 11 is 0. The highest BCUT2D eigenvalue weighted by Crippen LogP contribution is 2.11. The van der Waals surface area contributed by atoms with Gasteiger partial charge >= 0.3 is 11.9 Å². The second-order valence-corrected chi connectivity index (χ2v) is 7.21. The average molecular weight is 438 g/mol. The molecule has 0 radical (unpaired) electrons. The third-order valence-corrected chi connectivity index (χ3v) is 4.25. The van der Waals surface area contributed by atoms with Crippen molar-refractivity contribution in [1.29, 1.82) is 0 Å². The van der Waals surface area contributed by atoms with Crippen LogP contribution in [0.2, 0.25) is 0 Å². The summed E-state index contributed by atoms with van der Waals surface area (Å²) in [4.78, 5) is 48.1. The fraction of sp³-hybridized carbons (Fsp3) is 0.250. The lowest BCUT2D eigenvalue weighted by atomic mass is 10.2. The molecule has 8 heteroatoms. The molecule has 2 rings (SSSR count). The molecule has 0 aliphatic carbocycles. The predicted octanol–water partition coefficient (Wildman–Crippen LogP) is 3.30. The Labute approximate surface area is 186 Å². The van der Waals surface area contributed by atoms with E-state index in [1.807, 2.05) is 26.0 Å². The van der Waals surface area contributed by atoms with Crippen molar-refractivity contribution in [3.8, 4) is 0 Å². The highest BCUT2D eigenvalue weighted by atomic mass is 16.6. The Morgan fingerprint density at radius 3 is 1.44 bits per heavy atom. The Hall–Kier alpha value is -3.94. The summed E-state index contributed by atoms with van der Waals surface area (Å²) in [5, 5.41) is 5.28. The van der Waals surface area contributed by atoms with Crippen LogP contribution in [-0.2, 0) is 28.7 Å². The molecule has 8 nitrogen and oxygen atoms in total. The summed E-state index contributed by atoms with van der Waals surface area (Å²) in [5.74, 6) is -2.82. The lowest BCUT2D eigenvalue weighted by Gasteiger charge is -2.13. The minimum Gasteiger partial charge on any atom is -0.449 e. The molecule has 2 amide bonds. The van der Waals surface area contributed by atoms with Gasteiger partial charge in [-0.1, -0.05) is 24.3 Å². The SMILES string of the molecule is Cc1cccc(NC(=O)C(C)OC(=O)/C=C/C(=O)OC(C)C(=O)Nc2cccc(C)c2)c1. The van der Waals surface area contributed by atoms with Gasteiger partial charge in [0.1, 0.15) is 0 Å². The van der Waals surface area contributed by atoms with E-state index in [4.69, 9.17) is 9.47 Å². The Morgan fingerprint density at radius 2 is 1.09 bits per heavy atom. The Bertz CT molecular complexity index is 949. The van der Waals surface area contributed by atoms with Gasteiger partial charge in [0.2, 0.25) is 0 Å². The molecule has 0 bridgehead atoms. The standard InChI is InChI=1S/C24H26N2O6/c1-15-7-5-9-19(13-15)25-23(29)17(3)31-21(27)11-12-22(28)32-18(4)24(30)26-20-10-6-8-16(2)14-20/h5-14,17-18H,1-4H3,(H,25,29)(H,26,30)/b12-11+. The fourth-order valence-electron chi connectivity index (χ4n) is 2.60. The van der Waals surface area contributed by atoms with Gasteiger partial charge < -0.3 is 20.1 Å². The van der Waals surface area contributed by atoms with Crippen molar-refractivity contribution in [2.24, 2.45) is 0 Å². The van der Waals surface area contributed by atoms with E-state index in [0.717, 1.165) is 23.3 Å². The number of carbonyl (C=O) groups excluding carboxylic acids is 4. The van der Waals surface area contributed by atoms with Crippen molar-refractivity contribution in [3.63, 3.8) is 0 Å². The van der Waals surface area contributed by atoms with E-state index in [-0.39, 0.29) is 0 Å². The van der Waals surface area contributed by atoms with Crippen molar-refractivity contribution < 1.29 is 28.7 Å². The third-order valence-electron chi connectivity index (χ3n) is 4.25. The largest absolute Gasteiger partial charge is 0.449 e. The van der Waals surface area contributed by atoms with Crippen molar-refractivity contribution in [2.75, 3.05) is 10.6 Å². The zero-order valence-corrected chi connectivity index (χ0v) is 18.4. The van der Waals surface area contributed by atoms with Crippen molar-refractivity contribution in [1.82, 2.24) is 0 Å². The average Bonchev–Trinajstić information content (AvgIpc) is 2.72. The van der Waals surface area contributed by atoms with Gasteiger partial charge in [0.05, 0.1) is 0 Å². The molecule has 0 heterocycles. The summed E-state index contributed by atoms with van der Waals surface area (Å²) in [6, 6.07) is 14.3. The van der Waals surface area contributed by atoms with E-state index in [1.165, 1.54) is 13.8 Å². The van der Waals surface area contributed by atoms with Crippen LogP contribution in [0.5, 0.6) is 0 Å². The molecule has 2 unspecified atom stereocenters. The van der Waals surface area contributed by atoms with Gasteiger partial charge in [0, 0.05) is 23.5 Å². The van der Waals surface area contributed by atoms with Gasteiger partial charge in [-0.25, -0.2) is 9.59 Å². The van der Waals surface area contributed by atoms with Gasteiger partial charge in [0.15, 0.2) is 12.2 Å². The molecule has 32 heavy (non-hydrogen) atoms. The van der Waals surface area contributed by atoms with Crippen LogP contribution >= 0.6 is 0 Å². The Balaban J connectivity index is 1.79. The third kappa shape index (κ3) is 8.06. The number of aryl methyl sites for hydroxylation is 2. The van der Waals surface area contributed by atoms with Crippen LogP contribution in [0.1, 0.15) is 25.0 Å². The summed E-state index contributed by atoms with van der Waals surface area (Å²) in [5.41, 5.74) is 3.09. The lowest BCUT2D eigenvalue weighted by molar-refractivity contribution is -0.149. The molecule has 2 aromatic rings. The van der Waals surface area contributed by atoms with Gasteiger partial charge in [-0.2, -0.15) is 0 Å². The van der Waals surface area contributed by atoms with Crippen LogP contribution in [0.4, 0.5) is 11.4 Å². The smallest absolute Gasteiger partial charge is 0.331 e. The minimum atomic E-state index is -1.08. The first-order chi connectivity index (χ1) is 15.1. The maximum atomic E-state index is 12.1. The van der Waals surface area contributed by atoms with Crippen LogP contribution in [0.3, 0.4) is 0 Å². The van der Waals surface area contributed by atoms with Crippen LogP contribution < -0.4 is 10.6 Å². The maximum Gasteiger partial charge on any atom is 0.331 e. The lowest BCUT2D eigenvalue weighted by Crippen LogP contribution is -2.30. The molecular formula is C24H26N2O6. The fourth-order valence-corrected chi connectivity index (χ4v) is 2.60. The number of nitrogens with one attached hydrogen (secondary N) is 2. The van der Waals surface area contributed by atoms with E-state index >= 15 is 0 Å². The van der Waals surface area contributed by atoms with E-state index in [2.05, 4.69) is 10.6 Å². The van der Waals surface area contributed by atoms with E-state index in [9.17, 15) is 19.2 Å². The molecule has 0 aromatic heterocycles. The first-order valence-corrected chi connectivity index (χ1v) is 9.98. The number of hydrogen-bond donors (Lipinski definition) is 2. The van der Waals surface area contributed by atoms with Crippen LogP contribution in [-0.4, -0.2) is 36.0 Å². The molecular weight excluding hydrogens is 412 g/mol. The topological polar surface area (TPSA) is 111 Å². The molecule has 0 aliphatic heterocycles. The molecule has 0 aliphatic rings. The summed E-state index contributed by atoms with van der Waals surface area (Å²) in [6.45, 7) is 6.59. The number of amides is 2. The number of anilines is 2. The molecule has 0 saturated carbocycles. The quantitative estimate of drug-likeness (QED) is 0.483. The Morgan fingerprint density at radius 1 is 0.719 bits per heavy atom. The highest BCUT2D eigenvalue weighted by Gasteiger charge is 2.19. The van der Waals surface area contributed by atoms with Gasteiger partial charge in [0.25, 0.3) is 11.8 Å². The van der Waals surface area contributed by atoms with E-state index < -0.39 is 36.0 Å². The molecule has 2 atom stereocenters. The zero-order chi connectivity index (χ0) is 23.7. The number of hydrogen-bond acceptors (Lipinski definition) is 6. The summed E-state index contributed by atoms with van der Waals surface area (Å²) in [7, 11) is 0. The second kappa shape index (κ2) is 11.5. The predicted molar refractivity (Wildman–Crippen MR) is 120 cm³/mol. The normalized spacial score (nSPS) is 12.5. The summed E-state index contributed by atoms with van der Waals surface area (Å²) in [6.07, 6.45) is -0.487. The number of carbonyl (C=O) groups is 4. The monoisotopic (exact) mass is 438 g/mol. The minimum absolute atomic E-state index is 0.513. The molecule has 2 aromatic carbocycles. The first-order valence-electron chi connectivity index (χ1n) is 9.98. The molecule has 0 saturated heterocycles. The van der Waals surface area contributed by atoms with Crippen molar-refractivity contribution in [3.05, 3.63) is 71.8 Å². The molecule has 168 valence electrons. The Kier molecular flexibility index (Phi) is 8.71.